The lowest BCUT2D eigenvalue weighted by molar-refractivity contribution is -0.415. The van der Waals surface area contributed by atoms with Crippen LogP contribution in [0.1, 0.15) is 80.5 Å². The molecule has 0 rings (SSSR count). The molecule has 0 aromatic heterocycles. The van der Waals surface area contributed by atoms with Gasteiger partial charge in [-0.1, -0.05) is 53.4 Å². The van der Waals surface area contributed by atoms with E-state index >= 15 is 0 Å². The van der Waals surface area contributed by atoms with Crippen LogP contribution in [-0.2, 0) is 0 Å². The Morgan fingerprint density at radius 2 is 0.905 bits per heavy atom. The largest absolute Gasteiger partial charge is 1.00 e. The number of rotatable bonds is 12. The molecule has 0 aliphatic rings. The zero-order chi connectivity index (χ0) is 16.6. The summed E-state index contributed by atoms with van der Waals surface area (Å²) in [6.07, 6.45) is 15.6. The fourth-order valence-corrected chi connectivity index (χ4v) is 7.93. The second kappa shape index (κ2) is 16.1. The first-order chi connectivity index (χ1) is 9.97. The highest BCUT2D eigenvalue weighted by Crippen LogP contribution is 2.61. The number of carbonyl (C=O) groups is 1. The average molecular weight is 320 g/mol. The molecule has 0 spiro atoms. The Hall–Kier alpha value is -0.300. The minimum atomic E-state index is -2.33. The normalized spacial score (nSPS) is 10.9. The number of hydrogen-bond acceptors (Lipinski definition) is 3. The van der Waals surface area contributed by atoms with E-state index < -0.39 is 13.4 Å². The summed E-state index contributed by atoms with van der Waals surface area (Å²) in [4.78, 5) is 8.33. The predicted octanol–water partition coefficient (Wildman–Crippen LogP) is 3.87. The molecule has 0 aromatic rings. The van der Waals surface area contributed by atoms with E-state index in [2.05, 4.69) is 27.7 Å². The van der Waals surface area contributed by atoms with Crippen LogP contribution in [0.25, 0.3) is 0 Å². The second-order valence-electron chi connectivity index (χ2n) is 5.90. The van der Waals surface area contributed by atoms with Crippen molar-refractivity contribution in [3.05, 3.63) is 0 Å². The van der Waals surface area contributed by atoms with E-state index in [4.69, 9.17) is 15.0 Å². The molecule has 21 heavy (non-hydrogen) atoms. The van der Waals surface area contributed by atoms with Gasteiger partial charge in [0.15, 0.2) is 0 Å². The van der Waals surface area contributed by atoms with Gasteiger partial charge in [-0.3, -0.25) is 0 Å². The maximum atomic E-state index is 8.33. The molecular formula is C17H37O3P. The van der Waals surface area contributed by atoms with Gasteiger partial charge < -0.3 is 15.0 Å². The standard InChI is InChI=1S/C16H36P.CH2O3/c1-5-9-13-17(14-10-6-2,15-11-7-3)16-12-8-4;2-1(3)4/h5-16H2,1-4H3;(H2,2,3,4)/q+1;/p-1. The number of hydrogen-bond donors (Lipinski definition) is 0. The van der Waals surface area contributed by atoms with Crippen LogP contribution in [0.5, 0.6) is 0 Å². The van der Waals surface area contributed by atoms with E-state index in [9.17, 15) is 0 Å². The Labute approximate surface area is 134 Å². The molecule has 0 aliphatic heterocycles. The number of unbranched alkanes of at least 4 members (excludes halogenated alkanes) is 4. The molecular weight excluding hydrogens is 283 g/mol. The van der Waals surface area contributed by atoms with Crippen LogP contribution in [0.4, 0.5) is 4.79 Å². The first-order valence-corrected chi connectivity index (χ1v) is 11.2. The van der Waals surface area contributed by atoms with Crippen molar-refractivity contribution in [3.8, 4) is 0 Å². The van der Waals surface area contributed by atoms with Gasteiger partial charge in [0.1, 0.15) is 0 Å². The monoisotopic (exact) mass is 320 g/mol. The van der Waals surface area contributed by atoms with Crippen molar-refractivity contribution < 1.29 is 16.4 Å². The topological polar surface area (TPSA) is 63.2 Å². The molecule has 0 amide bonds. The summed E-state index contributed by atoms with van der Waals surface area (Å²) in [6, 6.07) is 0. The van der Waals surface area contributed by atoms with Crippen molar-refractivity contribution in [2.24, 2.45) is 0 Å². The van der Waals surface area contributed by atoms with Crippen LogP contribution in [0.2, 0.25) is 0 Å². The summed E-state index contributed by atoms with van der Waals surface area (Å²) < 4.78 is 0. The van der Waals surface area contributed by atoms with Crippen molar-refractivity contribution >= 4 is 13.4 Å². The molecule has 0 heterocycles. The van der Waals surface area contributed by atoms with Crippen LogP contribution < -0.4 is 10.2 Å². The van der Waals surface area contributed by atoms with Gasteiger partial charge in [0.05, 0.1) is 24.6 Å². The van der Waals surface area contributed by atoms with E-state index in [0.717, 1.165) is 0 Å². The van der Waals surface area contributed by atoms with Crippen molar-refractivity contribution in [2.75, 3.05) is 24.6 Å². The summed E-state index contributed by atoms with van der Waals surface area (Å²) in [5, 5.41) is 16.7. The molecule has 0 saturated heterocycles. The molecule has 0 unspecified atom stereocenters. The van der Waals surface area contributed by atoms with Crippen molar-refractivity contribution in [1.82, 2.24) is 0 Å². The van der Waals surface area contributed by atoms with Gasteiger partial charge in [0.25, 0.3) is 0 Å². The van der Waals surface area contributed by atoms with Crippen LogP contribution >= 0.6 is 7.26 Å². The van der Waals surface area contributed by atoms with Crippen LogP contribution in [0.15, 0.2) is 0 Å². The van der Waals surface area contributed by atoms with Gasteiger partial charge in [0.2, 0.25) is 0 Å². The number of carboxylic acid groups (broad SMARTS) is 2. The van der Waals surface area contributed by atoms with E-state index in [0.29, 0.717) is 0 Å². The molecule has 0 saturated carbocycles. The summed E-state index contributed by atoms with van der Waals surface area (Å²) in [7, 11) is -0.562. The fourth-order valence-electron chi connectivity index (χ4n) is 2.64. The molecule has 0 fully saturated rings. The SMILES string of the molecule is CCCC[P+](CCCC)(CCCC)CCCC.O=C([O-])[O-].[H+]. The average Bonchev–Trinajstić information content (AvgIpc) is 2.45. The minimum Gasteiger partial charge on any atom is -0.652 e. The number of carbonyl (C=O) groups excluding carboxylic acids is 1. The maximum absolute atomic E-state index is 8.33. The van der Waals surface area contributed by atoms with Crippen LogP contribution in [-0.4, -0.2) is 30.8 Å². The van der Waals surface area contributed by atoms with Gasteiger partial charge >= 0.3 is 1.43 Å². The summed E-state index contributed by atoms with van der Waals surface area (Å²) in [5.74, 6) is 0. The van der Waals surface area contributed by atoms with Crippen molar-refractivity contribution in [3.63, 3.8) is 0 Å². The summed E-state index contributed by atoms with van der Waals surface area (Å²) >= 11 is 0. The van der Waals surface area contributed by atoms with Gasteiger partial charge in [0, 0.05) is 7.26 Å². The third-order valence-corrected chi connectivity index (χ3v) is 9.00. The molecule has 3 nitrogen and oxygen atoms in total. The molecule has 0 aromatic carbocycles. The van der Waals surface area contributed by atoms with E-state index in [1.165, 1.54) is 51.4 Å². The second-order valence-corrected chi connectivity index (χ2v) is 10.4. The fraction of sp³-hybridized carbons (Fsp3) is 0.941. The third kappa shape index (κ3) is 15.9. The van der Waals surface area contributed by atoms with Gasteiger partial charge in [-0.05, 0) is 31.8 Å². The summed E-state index contributed by atoms with van der Waals surface area (Å²) in [6.45, 7) is 9.42. The molecule has 0 radical (unpaired) electrons. The molecule has 0 bridgehead atoms. The summed E-state index contributed by atoms with van der Waals surface area (Å²) in [5.41, 5.74) is 0. The van der Waals surface area contributed by atoms with Gasteiger partial charge in [-0.25, -0.2) is 0 Å². The van der Waals surface area contributed by atoms with Crippen molar-refractivity contribution in [2.45, 2.75) is 79.1 Å². The van der Waals surface area contributed by atoms with Crippen molar-refractivity contribution in [1.29, 1.82) is 0 Å². The Balaban J connectivity index is -0.000000640. The van der Waals surface area contributed by atoms with E-state index in [1.807, 2.05) is 0 Å². The smallest absolute Gasteiger partial charge is 0.652 e. The van der Waals surface area contributed by atoms with E-state index in [1.54, 1.807) is 24.6 Å². The van der Waals surface area contributed by atoms with Gasteiger partial charge in [-0.15, -0.1) is 0 Å². The van der Waals surface area contributed by atoms with E-state index in [-0.39, 0.29) is 1.43 Å². The minimum absolute atomic E-state index is 0. The lowest BCUT2D eigenvalue weighted by Gasteiger charge is -2.28. The zero-order valence-electron chi connectivity index (χ0n) is 15.7. The Bertz CT molecular complexity index is 196. The van der Waals surface area contributed by atoms with Crippen LogP contribution in [0.3, 0.4) is 0 Å². The molecule has 0 N–H and O–H groups in total. The van der Waals surface area contributed by atoms with Crippen LogP contribution in [0, 0.1) is 0 Å². The Morgan fingerprint density at radius 3 is 1.05 bits per heavy atom. The third-order valence-electron chi connectivity index (χ3n) is 3.94. The first-order valence-electron chi connectivity index (χ1n) is 8.71. The Morgan fingerprint density at radius 1 is 0.714 bits per heavy atom. The predicted molar refractivity (Wildman–Crippen MR) is 92.5 cm³/mol. The highest BCUT2D eigenvalue weighted by Gasteiger charge is 2.34. The van der Waals surface area contributed by atoms with Gasteiger partial charge in [-0.2, -0.15) is 0 Å². The highest BCUT2D eigenvalue weighted by molar-refractivity contribution is 7.75. The highest BCUT2D eigenvalue weighted by atomic mass is 31.2. The lowest BCUT2D eigenvalue weighted by Crippen LogP contribution is -2.37. The first kappa shape index (κ1) is 23.0. The maximum Gasteiger partial charge on any atom is 1.00 e. The zero-order valence-corrected chi connectivity index (χ0v) is 15.6. The molecule has 0 aliphatic carbocycles. The quantitative estimate of drug-likeness (QED) is 0.513. The molecule has 4 heteroatoms. The molecule has 128 valence electrons. The lowest BCUT2D eigenvalue weighted by atomic mass is 10.4. The molecule has 0 atom stereocenters. The Kier molecular flexibility index (Phi) is 17.6.